The summed E-state index contributed by atoms with van der Waals surface area (Å²) in [5.41, 5.74) is 5.49. The molecule has 0 aromatic heterocycles. The van der Waals surface area contributed by atoms with Gasteiger partial charge in [0.1, 0.15) is 0 Å². The molecule has 2 N–H and O–H groups in total. The SMILES string of the molecule is CCC(C)N(CCC(N)=S)C(C)C. The predicted octanol–water partition coefficient (Wildman–Crippen LogP) is 2.17. The summed E-state index contributed by atoms with van der Waals surface area (Å²) in [6.07, 6.45) is 2.01. The Morgan fingerprint density at radius 1 is 1.38 bits per heavy atom. The Labute approximate surface area is 87.5 Å². The van der Waals surface area contributed by atoms with E-state index < -0.39 is 0 Å². The first kappa shape index (κ1) is 12.8. The Bertz CT molecular complexity index is 157. The lowest BCUT2D eigenvalue weighted by Crippen LogP contribution is -2.40. The van der Waals surface area contributed by atoms with Crippen LogP contribution in [-0.4, -0.2) is 28.5 Å². The predicted molar refractivity (Wildman–Crippen MR) is 63.0 cm³/mol. The highest BCUT2D eigenvalue weighted by atomic mass is 32.1. The molecule has 3 heteroatoms. The molecule has 2 nitrogen and oxygen atoms in total. The largest absolute Gasteiger partial charge is 0.393 e. The van der Waals surface area contributed by atoms with E-state index in [0.717, 1.165) is 13.0 Å². The third-order valence-electron chi connectivity index (χ3n) is 2.44. The van der Waals surface area contributed by atoms with Crippen molar-refractivity contribution in [1.29, 1.82) is 0 Å². The van der Waals surface area contributed by atoms with Crippen LogP contribution in [0.3, 0.4) is 0 Å². The van der Waals surface area contributed by atoms with Crippen molar-refractivity contribution in [3.8, 4) is 0 Å². The minimum atomic E-state index is 0.573. The Hall–Kier alpha value is -0.150. The van der Waals surface area contributed by atoms with Crippen molar-refractivity contribution in [1.82, 2.24) is 4.90 Å². The number of nitrogens with zero attached hydrogens (tertiary/aromatic N) is 1. The fraction of sp³-hybridized carbons (Fsp3) is 0.900. The second-order valence-electron chi connectivity index (χ2n) is 3.81. The zero-order chi connectivity index (χ0) is 10.4. The van der Waals surface area contributed by atoms with Gasteiger partial charge in [-0.25, -0.2) is 0 Å². The highest BCUT2D eigenvalue weighted by molar-refractivity contribution is 7.80. The lowest BCUT2D eigenvalue weighted by Gasteiger charge is -2.32. The molecule has 1 unspecified atom stereocenters. The van der Waals surface area contributed by atoms with Crippen molar-refractivity contribution < 1.29 is 0 Å². The van der Waals surface area contributed by atoms with Gasteiger partial charge < -0.3 is 5.73 Å². The van der Waals surface area contributed by atoms with Gasteiger partial charge in [0.15, 0.2) is 0 Å². The topological polar surface area (TPSA) is 29.3 Å². The molecule has 0 saturated carbocycles. The van der Waals surface area contributed by atoms with Crippen LogP contribution in [-0.2, 0) is 0 Å². The van der Waals surface area contributed by atoms with Gasteiger partial charge in [-0.2, -0.15) is 0 Å². The summed E-state index contributed by atoms with van der Waals surface area (Å²) in [4.78, 5) is 3.06. The van der Waals surface area contributed by atoms with Gasteiger partial charge in [-0.05, 0) is 27.2 Å². The Morgan fingerprint density at radius 3 is 2.23 bits per heavy atom. The number of rotatable bonds is 6. The van der Waals surface area contributed by atoms with E-state index in [0.29, 0.717) is 17.1 Å². The molecule has 0 fully saturated rings. The number of hydrogen-bond donors (Lipinski definition) is 1. The lowest BCUT2D eigenvalue weighted by molar-refractivity contribution is 0.165. The van der Waals surface area contributed by atoms with Crippen LogP contribution in [0.2, 0.25) is 0 Å². The first-order valence-corrected chi connectivity index (χ1v) is 5.43. The van der Waals surface area contributed by atoms with Crippen LogP contribution in [0.1, 0.15) is 40.5 Å². The van der Waals surface area contributed by atoms with E-state index in [9.17, 15) is 0 Å². The van der Waals surface area contributed by atoms with Gasteiger partial charge in [0.25, 0.3) is 0 Å². The van der Waals surface area contributed by atoms with Gasteiger partial charge in [-0.1, -0.05) is 19.1 Å². The molecule has 0 spiro atoms. The van der Waals surface area contributed by atoms with Crippen molar-refractivity contribution >= 4 is 17.2 Å². The zero-order valence-electron chi connectivity index (χ0n) is 9.21. The van der Waals surface area contributed by atoms with Gasteiger partial charge >= 0.3 is 0 Å². The molecule has 0 aromatic rings. The molecular formula is C10H22N2S. The van der Waals surface area contributed by atoms with Crippen molar-refractivity contribution in [3.63, 3.8) is 0 Å². The molecular weight excluding hydrogens is 180 g/mol. The number of thiocarbonyl (C=S) groups is 1. The van der Waals surface area contributed by atoms with E-state index in [-0.39, 0.29) is 0 Å². The maximum atomic E-state index is 5.49. The number of nitrogens with two attached hydrogens (primary N) is 1. The summed E-state index contributed by atoms with van der Waals surface area (Å²) >= 11 is 4.87. The van der Waals surface area contributed by atoms with Gasteiger partial charge in [0.05, 0.1) is 4.99 Å². The van der Waals surface area contributed by atoms with Crippen LogP contribution >= 0.6 is 12.2 Å². The smallest absolute Gasteiger partial charge is 0.0740 e. The van der Waals surface area contributed by atoms with Crippen molar-refractivity contribution in [2.75, 3.05) is 6.54 Å². The van der Waals surface area contributed by atoms with Gasteiger partial charge in [0.2, 0.25) is 0 Å². The van der Waals surface area contributed by atoms with E-state index in [1.165, 1.54) is 6.42 Å². The molecule has 13 heavy (non-hydrogen) atoms. The molecule has 0 amide bonds. The van der Waals surface area contributed by atoms with Crippen LogP contribution in [0, 0.1) is 0 Å². The summed E-state index contributed by atoms with van der Waals surface area (Å²) in [5.74, 6) is 0. The first-order valence-electron chi connectivity index (χ1n) is 5.03. The average molecular weight is 202 g/mol. The number of hydrogen-bond acceptors (Lipinski definition) is 2. The molecule has 0 aliphatic rings. The van der Waals surface area contributed by atoms with Gasteiger partial charge in [-0.15, -0.1) is 0 Å². The minimum Gasteiger partial charge on any atom is -0.393 e. The molecule has 0 heterocycles. The molecule has 1 atom stereocenters. The fourth-order valence-electron chi connectivity index (χ4n) is 1.46. The van der Waals surface area contributed by atoms with Crippen LogP contribution in [0.5, 0.6) is 0 Å². The highest BCUT2D eigenvalue weighted by Gasteiger charge is 2.14. The van der Waals surface area contributed by atoms with Crippen LogP contribution in [0.25, 0.3) is 0 Å². The molecule has 0 aliphatic carbocycles. The average Bonchev–Trinajstić information content (AvgIpc) is 2.03. The van der Waals surface area contributed by atoms with Crippen molar-refractivity contribution in [2.24, 2.45) is 5.73 Å². The normalized spacial score (nSPS) is 13.7. The molecule has 0 bridgehead atoms. The van der Waals surface area contributed by atoms with Crippen molar-refractivity contribution in [3.05, 3.63) is 0 Å². The Kier molecular flexibility index (Phi) is 6.25. The van der Waals surface area contributed by atoms with Crippen LogP contribution in [0.15, 0.2) is 0 Å². The van der Waals surface area contributed by atoms with E-state index >= 15 is 0 Å². The summed E-state index contributed by atoms with van der Waals surface area (Å²) < 4.78 is 0. The van der Waals surface area contributed by atoms with Gasteiger partial charge in [0, 0.05) is 25.0 Å². The molecule has 0 aromatic carbocycles. The summed E-state index contributed by atoms with van der Waals surface area (Å²) in [6.45, 7) is 9.87. The molecule has 78 valence electrons. The quantitative estimate of drug-likeness (QED) is 0.669. The Morgan fingerprint density at radius 2 is 1.92 bits per heavy atom. The fourth-order valence-corrected chi connectivity index (χ4v) is 1.55. The first-order chi connectivity index (χ1) is 5.99. The molecule has 0 rings (SSSR count). The third kappa shape index (κ3) is 5.21. The minimum absolute atomic E-state index is 0.573. The lowest BCUT2D eigenvalue weighted by atomic mass is 10.1. The third-order valence-corrected chi connectivity index (χ3v) is 2.64. The zero-order valence-corrected chi connectivity index (χ0v) is 10.0. The van der Waals surface area contributed by atoms with Crippen molar-refractivity contribution in [2.45, 2.75) is 52.6 Å². The summed E-state index contributed by atoms with van der Waals surface area (Å²) in [5, 5.41) is 0. The van der Waals surface area contributed by atoms with E-state index in [4.69, 9.17) is 18.0 Å². The molecule has 0 saturated heterocycles. The maximum Gasteiger partial charge on any atom is 0.0740 e. The van der Waals surface area contributed by atoms with E-state index in [1.807, 2.05) is 0 Å². The summed E-state index contributed by atoms with van der Waals surface area (Å²) in [7, 11) is 0. The van der Waals surface area contributed by atoms with Gasteiger partial charge in [-0.3, -0.25) is 4.90 Å². The standard InChI is InChI=1S/C10H22N2S/c1-5-9(4)12(8(2)3)7-6-10(11)13/h8-9H,5-7H2,1-4H3,(H2,11,13). The van der Waals surface area contributed by atoms with Crippen LogP contribution < -0.4 is 5.73 Å². The Balaban J connectivity index is 4.02. The summed E-state index contributed by atoms with van der Waals surface area (Å²) in [6, 6.07) is 1.19. The molecule has 0 radical (unpaired) electrons. The highest BCUT2D eigenvalue weighted by Crippen LogP contribution is 2.08. The second-order valence-corrected chi connectivity index (χ2v) is 4.33. The maximum absolute atomic E-state index is 5.49. The second kappa shape index (κ2) is 6.33. The van der Waals surface area contributed by atoms with E-state index in [1.54, 1.807) is 0 Å². The van der Waals surface area contributed by atoms with E-state index in [2.05, 4.69) is 32.6 Å². The molecule has 0 aliphatic heterocycles. The monoisotopic (exact) mass is 202 g/mol. The van der Waals surface area contributed by atoms with Crippen LogP contribution in [0.4, 0.5) is 0 Å².